The van der Waals surface area contributed by atoms with E-state index in [9.17, 15) is 4.79 Å². The molecule has 3 rings (SSSR count). The van der Waals surface area contributed by atoms with E-state index in [1.807, 2.05) is 6.92 Å². The van der Waals surface area contributed by atoms with Crippen molar-refractivity contribution in [2.24, 2.45) is 11.8 Å². The fourth-order valence-electron chi connectivity index (χ4n) is 3.59. The molecule has 1 aliphatic heterocycles. The molecule has 1 N–H and O–H groups in total. The van der Waals surface area contributed by atoms with Crippen LogP contribution < -0.4 is 5.32 Å². The summed E-state index contributed by atoms with van der Waals surface area (Å²) in [7, 11) is 0. The molecular weight excluding hydrogens is 268 g/mol. The third-order valence-electron chi connectivity index (χ3n) is 4.95. The van der Waals surface area contributed by atoms with Gasteiger partial charge in [-0.2, -0.15) is 11.3 Å². The molecule has 4 atom stereocenters. The zero-order chi connectivity index (χ0) is 14.1. The van der Waals surface area contributed by atoms with Crippen molar-refractivity contribution in [2.75, 3.05) is 6.54 Å². The summed E-state index contributed by atoms with van der Waals surface area (Å²) in [5, 5.41) is 7.69. The maximum Gasteiger partial charge on any atom is 0.241 e. The first kappa shape index (κ1) is 14.1. The molecule has 20 heavy (non-hydrogen) atoms. The number of hydrogen-bond acceptors (Lipinski definition) is 3. The van der Waals surface area contributed by atoms with Crippen LogP contribution >= 0.6 is 11.3 Å². The molecule has 1 aromatic heterocycles. The van der Waals surface area contributed by atoms with Crippen LogP contribution in [-0.4, -0.2) is 23.4 Å². The van der Waals surface area contributed by atoms with E-state index in [2.05, 4.69) is 34.0 Å². The highest BCUT2D eigenvalue weighted by molar-refractivity contribution is 7.07. The summed E-state index contributed by atoms with van der Waals surface area (Å²) in [5.41, 5.74) is 1.23. The maximum absolute atomic E-state index is 12.5. The second kappa shape index (κ2) is 5.86. The molecule has 1 aliphatic carbocycles. The van der Waals surface area contributed by atoms with E-state index in [0.717, 1.165) is 12.5 Å². The van der Waals surface area contributed by atoms with Crippen LogP contribution in [0.1, 0.15) is 51.3 Å². The number of amides is 1. The molecule has 4 heteroatoms. The Morgan fingerprint density at radius 3 is 2.85 bits per heavy atom. The summed E-state index contributed by atoms with van der Waals surface area (Å²) >= 11 is 1.70. The van der Waals surface area contributed by atoms with Crippen molar-refractivity contribution in [1.82, 2.24) is 10.2 Å². The molecule has 1 saturated carbocycles. The topological polar surface area (TPSA) is 32.3 Å². The molecule has 2 heterocycles. The van der Waals surface area contributed by atoms with E-state index >= 15 is 0 Å². The molecule has 2 fully saturated rings. The van der Waals surface area contributed by atoms with Gasteiger partial charge in [-0.3, -0.25) is 10.1 Å². The van der Waals surface area contributed by atoms with Crippen LogP contribution in [0.25, 0.3) is 0 Å². The largest absolute Gasteiger partial charge is 0.321 e. The van der Waals surface area contributed by atoms with Gasteiger partial charge in [-0.15, -0.1) is 0 Å². The minimum atomic E-state index is -0.0567. The maximum atomic E-state index is 12.5. The molecule has 1 amide bonds. The van der Waals surface area contributed by atoms with Gasteiger partial charge in [-0.1, -0.05) is 26.2 Å². The standard InChI is InChI=1S/C16H24N2OS/c1-11-5-3-4-6-13(11)9-18-15(14-7-8-20-10-14)17-12(2)16(18)19/h7-8,10-13,15,17H,3-6,9H2,1-2H3. The molecule has 0 radical (unpaired) electrons. The second-order valence-corrected chi connectivity index (χ2v) is 7.14. The van der Waals surface area contributed by atoms with E-state index in [0.29, 0.717) is 5.92 Å². The second-order valence-electron chi connectivity index (χ2n) is 6.36. The van der Waals surface area contributed by atoms with E-state index in [1.165, 1.54) is 31.2 Å². The van der Waals surface area contributed by atoms with Gasteiger partial charge >= 0.3 is 0 Å². The SMILES string of the molecule is CC1NC(c2ccsc2)N(CC2CCCCC2C)C1=O. The summed E-state index contributed by atoms with van der Waals surface area (Å²) < 4.78 is 0. The van der Waals surface area contributed by atoms with Gasteiger partial charge in [0, 0.05) is 6.54 Å². The van der Waals surface area contributed by atoms with Crippen LogP contribution in [0.5, 0.6) is 0 Å². The number of nitrogens with one attached hydrogen (secondary N) is 1. The first-order valence-corrected chi connectivity index (χ1v) is 8.69. The van der Waals surface area contributed by atoms with Crippen molar-refractivity contribution in [3.63, 3.8) is 0 Å². The Kier molecular flexibility index (Phi) is 4.13. The fourth-order valence-corrected chi connectivity index (χ4v) is 4.27. The number of rotatable bonds is 3. The van der Waals surface area contributed by atoms with Crippen molar-refractivity contribution in [3.8, 4) is 0 Å². The summed E-state index contributed by atoms with van der Waals surface area (Å²) in [6.45, 7) is 5.24. The van der Waals surface area contributed by atoms with Crippen molar-refractivity contribution >= 4 is 17.2 Å². The van der Waals surface area contributed by atoms with Crippen LogP contribution in [0.15, 0.2) is 16.8 Å². The Morgan fingerprint density at radius 2 is 2.15 bits per heavy atom. The summed E-state index contributed by atoms with van der Waals surface area (Å²) in [5.74, 6) is 1.68. The Morgan fingerprint density at radius 1 is 1.35 bits per heavy atom. The molecule has 110 valence electrons. The molecule has 0 aromatic carbocycles. The molecule has 4 unspecified atom stereocenters. The van der Waals surface area contributed by atoms with Crippen molar-refractivity contribution < 1.29 is 4.79 Å². The molecule has 1 aromatic rings. The zero-order valence-corrected chi connectivity index (χ0v) is 13.2. The molecule has 3 nitrogen and oxygen atoms in total. The van der Waals surface area contributed by atoms with Gasteiger partial charge < -0.3 is 4.90 Å². The van der Waals surface area contributed by atoms with Crippen LogP contribution in [-0.2, 0) is 4.79 Å². The highest BCUT2D eigenvalue weighted by Gasteiger charge is 2.39. The predicted molar refractivity (Wildman–Crippen MR) is 82.5 cm³/mol. The minimum Gasteiger partial charge on any atom is -0.321 e. The normalized spacial score (nSPS) is 34.7. The number of carbonyl (C=O) groups is 1. The molecule has 2 aliphatic rings. The Bertz CT molecular complexity index is 459. The van der Waals surface area contributed by atoms with E-state index < -0.39 is 0 Å². The number of nitrogens with zero attached hydrogens (tertiary/aromatic N) is 1. The lowest BCUT2D eigenvalue weighted by Gasteiger charge is -2.34. The van der Waals surface area contributed by atoms with Gasteiger partial charge in [0.15, 0.2) is 0 Å². The van der Waals surface area contributed by atoms with Crippen molar-refractivity contribution in [2.45, 2.75) is 51.7 Å². The third-order valence-corrected chi connectivity index (χ3v) is 5.65. The Labute approximate surface area is 125 Å². The smallest absolute Gasteiger partial charge is 0.241 e. The van der Waals surface area contributed by atoms with Gasteiger partial charge in [-0.05, 0) is 47.6 Å². The van der Waals surface area contributed by atoms with Crippen LogP contribution in [0.4, 0.5) is 0 Å². The summed E-state index contributed by atoms with van der Waals surface area (Å²) in [6.07, 6.45) is 5.35. The van der Waals surface area contributed by atoms with Gasteiger partial charge in [0.25, 0.3) is 0 Å². The quantitative estimate of drug-likeness (QED) is 0.926. The lowest BCUT2D eigenvalue weighted by molar-refractivity contribution is -0.130. The molecule has 1 saturated heterocycles. The Hall–Kier alpha value is -0.870. The monoisotopic (exact) mass is 292 g/mol. The van der Waals surface area contributed by atoms with Gasteiger partial charge in [0.2, 0.25) is 5.91 Å². The van der Waals surface area contributed by atoms with Gasteiger partial charge in [-0.25, -0.2) is 0 Å². The first-order chi connectivity index (χ1) is 9.66. The van der Waals surface area contributed by atoms with Crippen LogP contribution in [0.2, 0.25) is 0 Å². The van der Waals surface area contributed by atoms with Crippen molar-refractivity contribution in [1.29, 1.82) is 0 Å². The van der Waals surface area contributed by atoms with Crippen LogP contribution in [0.3, 0.4) is 0 Å². The van der Waals surface area contributed by atoms with E-state index in [1.54, 1.807) is 11.3 Å². The average molecular weight is 292 g/mol. The lowest BCUT2D eigenvalue weighted by Crippen LogP contribution is -2.37. The third kappa shape index (κ3) is 2.63. The van der Waals surface area contributed by atoms with E-state index in [-0.39, 0.29) is 18.1 Å². The first-order valence-electron chi connectivity index (χ1n) is 7.75. The average Bonchev–Trinajstić information content (AvgIpc) is 3.05. The summed E-state index contributed by atoms with van der Waals surface area (Å²) in [4.78, 5) is 14.5. The highest BCUT2D eigenvalue weighted by atomic mass is 32.1. The molecule has 0 bridgehead atoms. The Balaban J connectivity index is 1.76. The predicted octanol–water partition coefficient (Wildman–Crippen LogP) is 3.39. The fraction of sp³-hybridized carbons (Fsp3) is 0.688. The molecule has 0 spiro atoms. The van der Waals surface area contributed by atoms with Gasteiger partial charge in [0.05, 0.1) is 6.04 Å². The number of carbonyl (C=O) groups excluding carboxylic acids is 1. The van der Waals surface area contributed by atoms with Crippen molar-refractivity contribution in [3.05, 3.63) is 22.4 Å². The zero-order valence-electron chi connectivity index (χ0n) is 12.3. The summed E-state index contributed by atoms with van der Waals surface area (Å²) in [6, 6.07) is 2.07. The highest BCUT2D eigenvalue weighted by Crippen LogP contribution is 2.34. The minimum absolute atomic E-state index is 0.0567. The van der Waals surface area contributed by atoms with Gasteiger partial charge in [0.1, 0.15) is 6.17 Å². The molecular formula is C16H24N2OS. The van der Waals surface area contributed by atoms with Crippen LogP contribution in [0, 0.1) is 11.8 Å². The number of hydrogen-bond donors (Lipinski definition) is 1. The van der Waals surface area contributed by atoms with E-state index in [4.69, 9.17) is 0 Å². The lowest BCUT2D eigenvalue weighted by atomic mass is 9.80. The number of thiophene rings is 1.